The molecule has 1 saturated heterocycles. The zero-order valence-corrected chi connectivity index (χ0v) is 19.5. The van der Waals surface area contributed by atoms with Gasteiger partial charge in [0.15, 0.2) is 0 Å². The molecule has 2 fully saturated rings. The molecule has 0 spiro atoms. The van der Waals surface area contributed by atoms with Crippen LogP contribution < -0.4 is 9.47 Å². The van der Waals surface area contributed by atoms with Gasteiger partial charge in [-0.3, -0.25) is 14.8 Å². The zero-order chi connectivity index (χ0) is 23.8. The van der Waals surface area contributed by atoms with Gasteiger partial charge in [0.2, 0.25) is 5.88 Å². The van der Waals surface area contributed by atoms with Gasteiger partial charge in [-0.25, -0.2) is 4.98 Å². The number of aromatic amines is 1. The molecule has 35 heavy (non-hydrogen) atoms. The number of hydrogen-bond donors (Lipinski definition) is 2. The van der Waals surface area contributed by atoms with Crippen molar-refractivity contribution >= 4 is 5.91 Å². The second-order valence-electron chi connectivity index (χ2n) is 9.62. The van der Waals surface area contributed by atoms with E-state index in [1.54, 1.807) is 12.4 Å². The number of rotatable bonds is 7. The first-order valence-electron chi connectivity index (χ1n) is 12.2. The van der Waals surface area contributed by atoms with E-state index in [-0.39, 0.29) is 5.91 Å². The fraction of sp³-hybridized carbons (Fsp3) is 0.423. The minimum atomic E-state index is -1.06. The van der Waals surface area contributed by atoms with Gasteiger partial charge in [-0.15, -0.1) is 0 Å². The van der Waals surface area contributed by atoms with Crippen LogP contribution in [0.2, 0.25) is 0 Å². The third-order valence-electron chi connectivity index (χ3n) is 7.21. The Bertz CT molecular complexity index is 1180. The first-order valence-corrected chi connectivity index (χ1v) is 12.2. The predicted octanol–water partition coefficient (Wildman–Crippen LogP) is 2.80. The van der Waals surface area contributed by atoms with Crippen molar-refractivity contribution < 1.29 is 19.4 Å². The first kappa shape index (κ1) is 22.1. The van der Waals surface area contributed by atoms with Crippen molar-refractivity contribution in [3.8, 4) is 28.6 Å². The Morgan fingerprint density at radius 1 is 1.17 bits per heavy atom. The van der Waals surface area contributed by atoms with Crippen LogP contribution in [0.4, 0.5) is 0 Å². The summed E-state index contributed by atoms with van der Waals surface area (Å²) in [7, 11) is 0. The average Bonchev–Trinajstić information content (AvgIpc) is 3.26. The molecule has 1 aliphatic carbocycles. The van der Waals surface area contributed by atoms with E-state index in [0.717, 1.165) is 43.1 Å². The lowest BCUT2D eigenvalue weighted by atomic mass is 9.97. The lowest BCUT2D eigenvalue weighted by Gasteiger charge is -2.36. The van der Waals surface area contributed by atoms with Crippen molar-refractivity contribution in [2.24, 2.45) is 0 Å². The Labute approximate surface area is 203 Å². The smallest absolute Gasteiger partial charge is 0.254 e. The molecule has 2 aliphatic heterocycles. The molecule has 182 valence electrons. The van der Waals surface area contributed by atoms with Crippen LogP contribution in [0, 0.1) is 0 Å². The second-order valence-corrected chi connectivity index (χ2v) is 9.62. The van der Waals surface area contributed by atoms with Crippen LogP contribution in [0.1, 0.15) is 30.7 Å². The number of nitrogens with one attached hydrogen (secondary N) is 1. The predicted molar refractivity (Wildman–Crippen MR) is 128 cm³/mol. The van der Waals surface area contributed by atoms with E-state index in [0.29, 0.717) is 50.1 Å². The molecule has 3 aliphatic rings. The summed E-state index contributed by atoms with van der Waals surface area (Å²) >= 11 is 0. The summed E-state index contributed by atoms with van der Waals surface area (Å²) in [6.45, 7) is 4.71. The molecular weight excluding hydrogens is 446 g/mol. The van der Waals surface area contributed by atoms with E-state index in [1.807, 2.05) is 35.2 Å². The van der Waals surface area contributed by atoms with Gasteiger partial charge in [-0.05, 0) is 44.0 Å². The Kier molecular flexibility index (Phi) is 5.66. The van der Waals surface area contributed by atoms with E-state index in [4.69, 9.17) is 9.47 Å². The number of carbonyl (C=O) groups excluding carboxylic acids is 1. The Morgan fingerprint density at radius 3 is 2.74 bits per heavy atom. The molecule has 1 atom stereocenters. The maximum absolute atomic E-state index is 12.3. The molecule has 9 heteroatoms. The Balaban J connectivity index is 1.01. The number of hydrogen-bond acceptors (Lipinski definition) is 7. The van der Waals surface area contributed by atoms with E-state index in [1.165, 1.54) is 5.56 Å². The van der Waals surface area contributed by atoms with E-state index >= 15 is 0 Å². The highest BCUT2D eigenvalue weighted by atomic mass is 16.5. The van der Waals surface area contributed by atoms with Crippen LogP contribution in [0.25, 0.3) is 11.3 Å². The van der Waals surface area contributed by atoms with E-state index in [9.17, 15) is 9.90 Å². The van der Waals surface area contributed by atoms with Gasteiger partial charge in [0, 0.05) is 67.8 Å². The van der Waals surface area contributed by atoms with Gasteiger partial charge in [0.05, 0.1) is 12.3 Å². The van der Waals surface area contributed by atoms with Gasteiger partial charge in [0.1, 0.15) is 17.1 Å². The summed E-state index contributed by atoms with van der Waals surface area (Å²) in [5.41, 5.74) is 2.01. The number of ether oxygens (including phenoxy) is 2. The molecule has 2 N–H and O–H groups in total. The monoisotopic (exact) mass is 475 g/mol. The van der Waals surface area contributed by atoms with Crippen molar-refractivity contribution in [1.29, 1.82) is 0 Å². The van der Waals surface area contributed by atoms with Gasteiger partial charge >= 0.3 is 0 Å². The molecule has 3 aromatic rings. The standard InChI is InChI=1S/C26H29N5O4/c32-25(26(33)7-8-26)31-13-11-30(12-14-31)10-6-19-17-34-23-15-20(2-3-21(19)23)35-24-4-1-18(16-27-24)22-5-9-28-29-22/h1-5,9,15-16,19,33H,6-8,10-14,17H2,(H,28,29). The number of piperazine rings is 1. The molecule has 0 bridgehead atoms. The minimum absolute atomic E-state index is 0.0859. The maximum Gasteiger partial charge on any atom is 0.254 e. The van der Waals surface area contributed by atoms with Crippen molar-refractivity contribution in [3.05, 3.63) is 54.4 Å². The molecule has 9 nitrogen and oxygen atoms in total. The van der Waals surface area contributed by atoms with Gasteiger partial charge in [-0.2, -0.15) is 5.10 Å². The van der Waals surface area contributed by atoms with Crippen LogP contribution in [0.5, 0.6) is 17.4 Å². The summed E-state index contributed by atoms with van der Waals surface area (Å²) in [6, 6.07) is 11.7. The molecule has 2 aromatic heterocycles. The Morgan fingerprint density at radius 2 is 2.03 bits per heavy atom. The second kappa shape index (κ2) is 8.98. The van der Waals surface area contributed by atoms with Crippen LogP contribution in [0.15, 0.2) is 48.8 Å². The summed E-state index contributed by atoms with van der Waals surface area (Å²) in [5.74, 6) is 2.35. The average molecular weight is 476 g/mol. The Hall–Kier alpha value is -3.43. The number of fused-ring (bicyclic) bond motifs is 1. The van der Waals surface area contributed by atoms with Crippen LogP contribution in [-0.2, 0) is 4.79 Å². The van der Waals surface area contributed by atoms with Gasteiger partial charge in [0.25, 0.3) is 5.91 Å². The SMILES string of the molecule is O=C(N1CCN(CCC2COc3cc(Oc4ccc(-c5ccn[nH]5)cn4)ccc32)CC1)C1(O)CC1. The number of nitrogens with zero attached hydrogens (tertiary/aromatic N) is 4. The quantitative estimate of drug-likeness (QED) is 0.542. The van der Waals surface area contributed by atoms with Crippen molar-refractivity contribution in [3.63, 3.8) is 0 Å². The van der Waals surface area contributed by atoms with Crippen molar-refractivity contribution in [1.82, 2.24) is 25.0 Å². The van der Waals surface area contributed by atoms with Crippen LogP contribution in [0.3, 0.4) is 0 Å². The van der Waals surface area contributed by atoms with Crippen LogP contribution in [-0.4, -0.2) is 80.9 Å². The first-order chi connectivity index (χ1) is 17.1. The third kappa shape index (κ3) is 4.61. The summed E-state index contributed by atoms with van der Waals surface area (Å²) < 4.78 is 11.9. The van der Waals surface area contributed by atoms with Crippen LogP contribution >= 0.6 is 0 Å². The largest absolute Gasteiger partial charge is 0.493 e. The highest BCUT2D eigenvalue weighted by Gasteiger charge is 2.50. The third-order valence-corrected chi connectivity index (χ3v) is 7.21. The molecule has 4 heterocycles. The van der Waals surface area contributed by atoms with Crippen molar-refractivity contribution in [2.45, 2.75) is 30.8 Å². The zero-order valence-electron chi connectivity index (χ0n) is 19.5. The summed E-state index contributed by atoms with van der Waals surface area (Å²) in [5, 5.41) is 17.0. The topological polar surface area (TPSA) is 104 Å². The lowest BCUT2D eigenvalue weighted by Crippen LogP contribution is -2.52. The fourth-order valence-electron chi connectivity index (χ4n) is 4.84. The maximum atomic E-state index is 12.3. The summed E-state index contributed by atoms with van der Waals surface area (Å²) in [4.78, 5) is 20.9. The number of aromatic nitrogens is 3. The number of carbonyl (C=O) groups is 1. The molecule has 6 rings (SSSR count). The lowest BCUT2D eigenvalue weighted by molar-refractivity contribution is -0.144. The highest BCUT2D eigenvalue weighted by molar-refractivity contribution is 5.87. The van der Waals surface area contributed by atoms with E-state index < -0.39 is 5.60 Å². The highest BCUT2D eigenvalue weighted by Crippen LogP contribution is 2.39. The number of aliphatic hydroxyl groups is 1. The normalized spacial score (nSPS) is 20.8. The van der Waals surface area contributed by atoms with Crippen molar-refractivity contribution in [2.75, 3.05) is 39.3 Å². The minimum Gasteiger partial charge on any atom is -0.493 e. The number of benzene rings is 1. The fourth-order valence-corrected chi connectivity index (χ4v) is 4.84. The molecule has 1 aromatic carbocycles. The molecule has 1 unspecified atom stereocenters. The number of amides is 1. The molecule has 1 amide bonds. The number of H-pyrrole nitrogens is 1. The summed E-state index contributed by atoms with van der Waals surface area (Å²) in [6.07, 6.45) is 5.68. The molecule has 0 radical (unpaired) electrons. The molecule has 1 saturated carbocycles. The molecular formula is C26H29N5O4. The van der Waals surface area contributed by atoms with Gasteiger partial charge < -0.3 is 19.5 Å². The van der Waals surface area contributed by atoms with Gasteiger partial charge in [-0.1, -0.05) is 6.07 Å². The van der Waals surface area contributed by atoms with E-state index in [2.05, 4.69) is 26.1 Å². The number of pyridine rings is 1.